The van der Waals surface area contributed by atoms with Crippen molar-refractivity contribution >= 4 is 5.91 Å². The second kappa shape index (κ2) is 5.22. The van der Waals surface area contributed by atoms with E-state index < -0.39 is 0 Å². The van der Waals surface area contributed by atoms with Gasteiger partial charge in [0.05, 0.1) is 6.42 Å². The summed E-state index contributed by atoms with van der Waals surface area (Å²) in [5.41, 5.74) is 0. The highest BCUT2D eigenvalue weighted by Gasteiger charge is 2.32. The second-order valence-electron chi connectivity index (χ2n) is 5.30. The second-order valence-corrected chi connectivity index (χ2v) is 5.30. The zero-order chi connectivity index (χ0) is 13.2. The lowest BCUT2D eigenvalue weighted by Crippen LogP contribution is -2.62. The van der Waals surface area contributed by atoms with E-state index in [1.807, 2.05) is 4.90 Å². The van der Waals surface area contributed by atoms with Crippen molar-refractivity contribution < 1.29 is 4.79 Å². The number of H-pyrrole nitrogens is 1. The van der Waals surface area contributed by atoms with Crippen molar-refractivity contribution in [3.8, 4) is 0 Å². The van der Waals surface area contributed by atoms with Gasteiger partial charge >= 0.3 is 0 Å². The Hall–Kier alpha value is -1.54. The topological polar surface area (TPSA) is 81.2 Å². The van der Waals surface area contributed by atoms with Gasteiger partial charge in [0.25, 0.3) is 0 Å². The minimum atomic E-state index is 0.0919. The molecular formula is C11H19N7O. The highest BCUT2D eigenvalue weighted by molar-refractivity contribution is 5.78. The summed E-state index contributed by atoms with van der Waals surface area (Å²) >= 11 is 0. The van der Waals surface area contributed by atoms with E-state index in [1.54, 1.807) is 0 Å². The molecule has 2 fully saturated rings. The number of piperazine rings is 2. The number of fused-ring (bicyclic) bond motifs is 1. The normalized spacial score (nSPS) is 25.3. The summed E-state index contributed by atoms with van der Waals surface area (Å²) in [4.78, 5) is 18.9. The minimum absolute atomic E-state index is 0.0919. The molecule has 3 rings (SSSR count). The van der Waals surface area contributed by atoms with Crippen LogP contribution in [0.1, 0.15) is 5.82 Å². The van der Waals surface area contributed by atoms with Crippen molar-refractivity contribution in [2.45, 2.75) is 12.5 Å². The van der Waals surface area contributed by atoms with Crippen LogP contribution in [0.5, 0.6) is 0 Å². The number of nitrogens with zero attached hydrogens (tertiary/aromatic N) is 6. The Morgan fingerprint density at radius 1 is 1.32 bits per heavy atom. The van der Waals surface area contributed by atoms with Crippen molar-refractivity contribution in [2.24, 2.45) is 0 Å². The van der Waals surface area contributed by atoms with Crippen molar-refractivity contribution in [3.05, 3.63) is 5.82 Å². The van der Waals surface area contributed by atoms with Gasteiger partial charge < -0.3 is 9.80 Å². The third-order valence-corrected chi connectivity index (χ3v) is 3.95. The lowest BCUT2D eigenvalue weighted by Gasteiger charge is -2.46. The number of hydrogen-bond acceptors (Lipinski definition) is 6. The predicted molar refractivity (Wildman–Crippen MR) is 67.3 cm³/mol. The Balaban J connectivity index is 1.59. The molecule has 2 aliphatic heterocycles. The summed E-state index contributed by atoms with van der Waals surface area (Å²) in [6.07, 6.45) is 0.235. The molecule has 104 valence electrons. The van der Waals surface area contributed by atoms with E-state index >= 15 is 0 Å². The van der Waals surface area contributed by atoms with Crippen molar-refractivity contribution in [2.75, 3.05) is 46.3 Å². The van der Waals surface area contributed by atoms with E-state index in [1.165, 1.54) is 0 Å². The summed E-state index contributed by atoms with van der Waals surface area (Å²) in [5.74, 6) is 0.558. The lowest BCUT2D eigenvalue weighted by molar-refractivity contribution is -0.134. The quantitative estimate of drug-likeness (QED) is 0.679. The molecule has 0 bridgehead atoms. The zero-order valence-electron chi connectivity index (χ0n) is 11.1. The first-order valence-electron chi connectivity index (χ1n) is 6.65. The minimum Gasteiger partial charge on any atom is -0.339 e. The molecule has 0 radical (unpaired) electrons. The van der Waals surface area contributed by atoms with E-state index in [4.69, 9.17) is 0 Å². The van der Waals surface area contributed by atoms with E-state index in [0.29, 0.717) is 11.9 Å². The van der Waals surface area contributed by atoms with E-state index in [2.05, 4.69) is 37.5 Å². The van der Waals surface area contributed by atoms with E-state index in [0.717, 1.165) is 39.3 Å². The van der Waals surface area contributed by atoms with Crippen LogP contribution in [0.3, 0.4) is 0 Å². The molecule has 2 saturated heterocycles. The summed E-state index contributed by atoms with van der Waals surface area (Å²) in [6, 6.07) is 0.460. The summed E-state index contributed by atoms with van der Waals surface area (Å²) in [7, 11) is 2.14. The van der Waals surface area contributed by atoms with Gasteiger partial charge in [0.1, 0.15) is 0 Å². The number of carbonyl (C=O) groups is 1. The van der Waals surface area contributed by atoms with Crippen LogP contribution in [0.25, 0.3) is 0 Å². The Bertz CT molecular complexity index is 434. The molecule has 1 aromatic heterocycles. The van der Waals surface area contributed by atoms with E-state index in [-0.39, 0.29) is 12.3 Å². The smallest absolute Gasteiger partial charge is 0.230 e. The number of amides is 1. The largest absolute Gasteiger partial charge is 0.339 e. The van der Waals surface area contributed by atoms with Crippen LogP contribution in [-0.2, 0) is 11.2 Å². The van der Waals surface area contributed by atoms with Gasteiger partial charge in [-0.2, -0.15) is 5.21 Å². The lowest BCUT2D eigenvalue weighted by atomic mass is 10.1. The Morgan fingerprint density at radius 3 is 2.95 bits per heavy atom. The number of aromatic amines is 1. The van der Waals surface area contributed by atoms with Crippen LogP contribution in [0.15, 0.2) is 0 Å². The van der Waals surface area contributed by atoms with Gasteiger partial charge in [-0.1, -0.05) is 5.21 Å². The molecule has 1 amide bonds. The van der Waals surface area contributed by atoms with Gasteiger partial charge in [-0.25, -0.2) is 0 Å². The maximum Gasteiger partial charge on any atom is 0.230 e. The van der Waals surface area contributed by atoms with Crippen molar-refractivity contribution in [3.63, 3.8) is 0 Å². The molecular weight excluding hydrogens is 246 g/mol. The average Bonchev–Trinajstić information content (AvgIpc) is 2.90. The SMILES string of the molecule is CN1CCN2CCN(C(=O)Cc3nn[nH]n3)CC2C1. The van der Waals surface area contributed by atoms with Crippen LogP contribution in [0.4, 0.5) is 0 Å². The summed E-state index contributed by atoms with van der Waals surface area (Å²) in [5, 5.41) is 13.5. The third kappa shape index (κ3) is 2.74. The fourth-order valence-electron chi connectivity index (χ4n) is 2.84. The maximum absolute atomic E-state index is 12.2. The van der Waals surface area contributed by atoms with E-state index in [9.17, 15) is 4.79 Å². The first kappa shape index (κ1) is 12.5. The highest BCUT2D eigenvalue weighted by atomic mass is 16.2. The first-order chi connectivity index (χ1) is 9.22. The first-order valence-corrected chi connectivity index (χ1v) is 6.65. The van der Waals surface area contributed by atoms with Gasteiger partial charge in [0.2, 0.25) is 5.91 Å². The Kier molecular flexibility index (Phi) is 3.43. The third-order valence-electron chi connectivity index (χ3n) is 3.95. The molecule has 0 saturated carbocycles. The maximum atomic E-state index is 12.2. The fraction of sp³-hybridized carbons (Fsp3) is 0.818. The molecule has 19 heavy (non-hydrogen) atoms. The predicted octanol–water partition coefficient (Wildman–Crippen LogP) is -1.80. The standard InChI is InChI=1S/C11H19N7O/c1-16-2-3-17-4-5-18(8-9(17)7-16)11(19)6-10-12-14-15-13-10/h9H,2-8H2,1H3,(H,12,13,14,15). The average molecular weight is 265 g/mol. The molecule has 8 nitrogen and oxygen atoms in total. The molecule has 1 unspecified atom stereocenters. The molecule has 1 aromatic rings. The molecule has 3 heterocycles. The molecule has 1 N–H and O–H groups in total. The monoisotopic (exact) mass is 265 g/mol. The van der Waals surface area contributed by atoms with Crippen molar-refractivity contribution in [1.82, 2.24) is 35.3 Å². The molecule has 0 aliphatic carbocycles. The number of nitrogens with one attached hydrogen (secondary N) is 1. The Morgan fingerprint density at radius 2 is 2.16 bits per heavy atom. The molecule has 0 spiro atoms. The number of tetrazole rings is 1. The van der Waals surface area contributed by atoms with Gasteiger partial charge in [-0.3, -0.25) is 9.69 Å². The van der Waals surface area contributed by atoms with Gasteiger partial charge in [-0.05, 0) is 7.05 Å². The fourth-order valence-corrected chi connectivity index (χ4v) is 2.84. The van der Waals surface area contributed by atoms with Crippen LogP contribution >= 0.6 is 0 Å². The summed E-state index contributed by atoms with van der Waals surface area (Å²) < 4.78 is 0. The highest BCUT2D eigenvalue weighted by Crippen LogP contribution is 2.15. The number of aromatic nitrogens is 4. The van der Waals surface area contributed by atoms with Crippen LogP contribution in [0, 0.1) is 0 Å². The molecule has 0 aromatic carbocycles. The van der Waals surface area contributed by atoms with Gasteiger partial charge in [0, 0.05) is 45.3 Å². The number of carbonyl (C=O) groups excluding carboxylic acids is 1. The molecule has 2 aliphatic rings. The van der Waals surface area contributed by atoms with Gasteiger partial charge in [0.15, 0.2) is 5.82 Å². The number of rotatable bonds is 2. The number of hydrogen-bond donors (Lipinski definition) is 1. The summed E-state index contributed by atoms with van der Waals surface area (Å²) in [6.45, 7) is 5.84. The molecule has 8 heteroatoms. The van der Waals surface area contributed by atoms with Crippen LogP contribution in [0.2, 0.25) is 0 Å². The van der Waals surface area contributed by atoms with Gasteiger partial charge in [-0.15, -0.1) is 10.2 Å². The van der Waals surface area contributed by atoms with Crippen LogP contribution in [-0.4, -0.2) is 93.6 Å². The molecule has 1 atom stereocenters. The van der Waals surface area contributed by atoms with Crippen molar-refractivity contribution in [1.29, 1.82) is 0 Å². The number of likely N-dealkylation sites (N-methyl/N-ethyl adjacent to an activating group) is 1. The van der Waals surface area contributed by atoms with Crippen LogP contribution < -0.4 is 0 Å². The Labute approximate surface area is 111 Å². The zero-order valence-corrected chi connectivity index (χ0v) is 11.1.